The first kappa shape index (κ1) is 13.0. The Bertz CT molecular complexity index is 592. The average Bonchev–Trinajstić information content (AvgIpc) is 2.71. The molecule has 1 heterocycles. The van der Waals surface area contributed by atoms with Crippen LogP contribution in [-0.2, 0) is 0 Å². The monoisotopic (exact) mass is 269 g/mol. The number of aryl methyl sites for hydroxylation is 1. The Morgan fingerprint density at radius 2 is 2.00 bits per heavy atom. The summed E-state index contributed by atoms with van der Waals surface area (Å²) in [4.78, 5) is 11.1. The van der Waals surface area contributed by atoms with Crippen LogP contribution in [-0.4, -0.2) is 22.8 Å². The molecule has 0 fully saturated rings. The van der Waals surface area contributed by atoms with Gasteiger partial charge in [-0.3, -0.25) is 0 Å². The Morgan fingerprint density at radius 1 is 1.37 bits per heavy atom. The number of carboxylic acids is 1. The van der Waals surface area contributed by atoms with Crippen molar-refractivity contribution >= 4 is 5.97 Å². The van der Waals surface area contributed by atoms with Gasteiger partial charge in [0.2, 0.25) is 0 Å². The predicted octanol–water partition coefficient (Wildman–Crippen LogP) is 2.95. The predicted molar refractivity (Wildman–Crippen MR) is 60.3 cm³/mol. The smallest absolute Gasteiger partial charge is 0.387 e. The van der Waals surface area contributed by atoms with Crippen LogP contribution in [0.15, 0.2) is 28.8 Å². The average molecular weight is 269 g/mol. The number of nitrogens with zero attached hydrogens (tertiary/aromatic N) is 1. The molecule has 0 unspecified atom stereocenters. The van der Waals surface area contributed by atoms with Crippen LogP contribution in [0.3, 0.4) is 0 Å². The first-order valence-electron chi connectivity index (χ1n) is 5.24. The number of carboxylic acid groups (broad SMARTS) is 1. The van der Waals surface area contributed by atoms with E-state index in [9.17, 15) is 13.6 Å². The Morgan fingerprint density at radius 3 is 2.53 bits per heavy atom. The van der Waals surface area contributed by atoms with Gasteiger partial charge in [-0.05, 0) is 31.2 Å². The number of aromatic carboxylic acids is 1. The number of benzene rings is 1. The van der Waals surface area contributed by atoms with Crippen molar-refractivity contribution < 1.29 is 27.9 Å². The Kier molecular flexibility index (Phi) is 3.46. The summed E-state index contributed by atoms with van der Waals surface area (Å²) in [5.74, 6) is -1.01. The summed E-state index contributed by atoms with van der Waals surface area (Å²) in [6.07, 6.45) is 0. The molecule has 0 amide bonds. The maximum atomic E-state index is 12.0. The van der Waals surface area contributed by atoms with Crippen LogP contribution in [0.5, 0.6) is 5.75 Å². The van der Waals surface area contributed by atoms with Gasteiger partial charge in [0.15, 0.2) is 0 Å². The maximum absolute atomic E-state index is 12.0. The lowest BCUT2D eigenvalue weighted by Crippen LogP contribution is -2.02. The van der Waals surface area contributed by atoms with Crippen molar-refractivity contribution in [3.05, 3.63) is 35.6 Å². The van der Waals surface area contributed by atoms with Crippen LogP contribution < -0.4 is 4.74 Å². The Hall–Kier alpha value is -2.44. The highest BCUT2D eigenvalue weighted by Gasteiger charge is 2.20. The van der Waals surface area contributed by atoms with Crippen LogP contribution in [0, 0.1) is 6.92 Å². The molecule has 0 saturated heterocycles. The molecule has 0 aliphatic heterocycles. The third-order valence-electron chi connectivity index (χ3n) is 2.43. The summed E-state index contributed by atoms with van der Waals surface area (Å²) >= 11 is 0. The highest BCUT2D eigenvalue weighted by atomic mass is 19.3. The molecule has 0 bridgehead atoms. The normalized spacial score (nSPS) is 10.7. The van der Waals surface area contributed by atoms with Crippen molar-refractivity contribution in [2.45, 2.75) is 13.5 Å². The van der Waals surface area contributed by atoms with Gasteiger partial charge in [-0.2, -0.15) is 8.78 Å². The molecule has 100 valence electrons. The molecular weight excluding hydrogens is 260 g/mol. The Labute approximate surface area is 106 Å². The molecule has 0 aliphatic carbocycles. The van der Waals surface area contributed by atoms with Crippen molar-refractivity contribution in [2.75, 3.05) is 0 Å². The molecule has 5 nitrogen and oxygen atoms in total. The molecule has 1 aromatic carbocycles. The lowest BCUT2D eigenvalue weighted by molar-refractivity contribution is -0.0498. The molecular formula is C12H9F2NO4. The van der Waals surface area contributed by atoms with Gasteiger partial charge in [-0.25, -0.2) is 4.79 Å². The molecule has 0 atom stereocenters. The molecule has 1 aromatic heterocycles. The summed E-state index contributed by atoms with van der Waals surface area (Å²) in [7, 11) is 0. The number of hydrogen-bond acceptors (Lipinski definition) is 4. The van der Waals surface area contributed by atoms with Gasteiger partial charge in [-0.1, -0.05) is 5.16 Å². The van der Waals surface area contributed by atoms with Gasteiger partial charge in [0.05, 0.1) is 0 Å². The number of rotatable bonds is 4. The van der Waals surface area contributed by atoms with Crippen LogP contribution in [0.25, 0.3) is 11.3 Å². The largest absolute Gasteiger partial charge is 0.477 e. The van der Waals surface area contributed by atoms with E-state index in [-0.39, 0.29) is 22.8 Å². The first-order chi connectivity index (χ1) is 8.99. The fourth-order valence-corrected chi connectivity index (χ4v) is 1.62. The first-order valence-corrected chi connectivity index (χ1v) is 5.24. The molecule has 1 N–H and O–H groups in total. The number of ether oxygens (including phenoxy) is 1. The Balaban J connectivity index is 2.35. The van der Waals surface area contributed by atoms with E-state index in [2.05, 4.69) is 9.89 Å². The van der Waals surface area contributed by atoms with E-state index in [4.69, 9.17) is 9.63 Å². The summed E-state index contributed by atoms with van der Waals surface area (Å²) < 4.78 is 33.0. The summed E-state index contributed by atoms with van der Waals surface area (Å²) in [6.45, 7) is -1.43. The van der Waals surface area contributed by atoms with Crippen molar-refractivity contribution in [1.29, 1.82) is 0 Å². The molecule has 0 radical (unpaired) electrons. The molecule has 2 rings (SSSR count). The minimum absolute atomic E-state index is 0.0177. The maximum Gasteiger partial charge on any atom is 0.387 e. The third-order valence-corrected chi connectivity index (χ3v) is 2.43. The SMILES string of the molecule is Cc1onc(-c2ccc(OC(F)F)cc2)c1C(=O)O. The van der Waals surface area contributed by atoms with E-state index in [0.717, 1.165) is 0 Å². The van der Waals surface area contributed by atoms with E-state index in [1.807, 2.05) is 0 Å². The highest BCUT2D eigenvalue weighted by molar-refractivity contribution is 5.95. The van der Waals surface area contributed by atoms with Gasteiger partial charge < -0.3 is 14.4 Å². The van der Waals surface area contributed by atoms with Crippen LogP contribution in [0.4, 0.5) is 8.78 Å². The van der Waals surface area contributed by atoms with Gasteiger partial charge in [0, 0.05) is 5.56 Å². The zero-order valence-electron chi connectivity index (χ0n) is 9.76. The van der Waals surface area contributed by atoms with Crippen LogP contribution >= 0.6 is 0 Å². The van der Waals surface area contributed by atoms with E-state index in [1.165, 1.54) is 31.2 Å². The van der Waals surface area contributed by atoms with E-state index in [1.54, 1.807) is 0 Å². The molecule has 2 aromatic rings. The second kappa shape index (κ2) is 5.05. The van der Waals surface area contributed by atoms with Crippen LogP contribution in [0.2, 0.25) is 0 Å². The van der Waals surface area contributed by atoms with Gasteiger partial charge >= 0.3 is 12.6 Å². The zero-order chi connectivity index (χ0) is 14.0. The quantitative estimate of drug-likeness (QED) is 0.923. The van der Waals surface area contributed by atoms with E-state index < -0.39 is 12.6 Å². The summed E-state index contributed by atoms with van der Waals surface area (Å²) in [6, 6.07) is 5.47. The van der Waals surface area contributed by atoms with Crippen molar-refractivity contribution in [1.82, 2.24) is 5.16 Å². The molecule has 0 saturated carbocycles. The van der Waals surface area contributed by atoms with E-state index >= 15 is 0 Å². The van der Waals surface area contributed by atoms with Crippen LogP contribution in [0.1, 0.15) is 16.1 Å². The second-order valence-corrected chi connectivity index (χ2v) is 3.67. The van der Waals surface area contributed by atoms with Crippen molar-refractivity contribution in [2.24, 2.45) is 0 Å². The molecule has 0 aliphatic rings. The van der Waals surface area contributed by atoms with Gasteiger partial charge in [0.1, 0.15) is 22.8 Å². The minimum atomic E-state index is -2.91. The summed E-state index contributed by atoms with van der Waals surface area (Å²) in [5, 5.41) is 12.7. The lowest BCUT2D eigenvalue weighted by atomic mass is 10.1. The topological polar surface area (TPSA) is 72.6 Å². The van der Waals surface area contributed by atoms with Crippen molar-refractivity contribution in [3.8, 4) is 17.0 Å². The lowest BCUT2D eigenvalue weighted by Gasteiger charge is -2.04. The minimum Gasteiger partial charge on any atom is -0.477 e. The standard InChI is InChI=1S/C12H9F2NO4/c1-6-9(11(16)17)10(15-19-6)7-2-4-8(5-3-7)18-12(13)14/h2-5,12H,1H3,(H,16,17). The molecule has 0 spiro atoms. The zero-order valence-corrected chi connectivity index (χ0v) is 9.76. The van der Waals surface area contributed by atoms with Gasteiger partial charge in [0.25, 0.3) is 0 Å². The number of hydrogen-bond donors (Lipinski definition) is 1. The number of aromatic nitrogens is 1. The van der Waals surface area contributed by atoms with Gasteiger partial charge in [-0.15, -0.1) is 0 Å². The second-order valence-electron chi connectivity index (χ2n) is 3.67. The number of halogens is 2. The summed E-state index contributed by atoms with van der Waals surface area (Å²) in [5.41, 5.74) is 0.534. The number of carbonyl (C=O) groups is 1. The highest BCUT2D eigenvalue weighted by Crippen LogP contribution is 2.27. The molecule has 19 heavy (non-hydrogen) atoms. The van der Waals surface area contributed by atoms with Crippen molar-refractivity contribution in [3.63, 3.8) is 0 Å². The fourth-order valence-electron chi connectivity index (χ4n) is 1.62. The number of alkyl halides is 2. The van der Waals surface area contributed by atoms with E-state index in [0.29, 0.717) is 5.56 Å². The third kappa shape index (κ3) is 2.70. The molecule has 7 heteroatoms. The fraction of sp³-hybridized carbons (Fsp3) is 0.167.